The predicted octanol–water partition coefficient (Wildman–Crippen LogP) is 6.51. The molecule has 1 aliphatic carbocycles. The Bertz CT molecular complexity index is 1010. The average molecular weight is 342 g/mol. The van der Waals surface area contributed by atoms with Crippen LogP contribution in [0.15, 0.2) is 42.5 Å². The lowest BCUT2D eigenvalue weighted by atomic mass is 9.77. The normalized spacial score (nSPS) is 11.7. The fourth-order valence-electron chi connectivity index (χ4n) is 3.44. The number of benzene rings is 3. The first kappa shape index (κ1) is 15.9. The molecule has 0 unspecified atom stereocenters. The first-order chi connectivity index (χ1) is 12.0. The summed E-state index contributed by atoms with van der Waals surface area (Å²) < 4.78 is 57.2. The van der Waals surface area contributed by atoms with E-state index in [-0.39, 0.29) is 22.3 Å². The van der Waals surface area contributed by atoms with Gasteiger partial charge >= 0.3 is 0 Å². The maximum atomic E-state index is 14.6. The van der Waals surface area contributed by atoms with Crippen molar-refractivity contribution in [1.82, 2.24) is 0 Å². The summed E-state index contributed by atoms with van der Waals surface area (Å²) in [6, 6.07) is 10.2. The van der Waals surface area contributed by atoms with E-state index in [1.165, 1.54) is 24.3 Å². The van der Waals surface area contributed by atoms with E-state index in [4.69, 9.17) is 0 Å². The van der Waals surface area contributed by atoms with E-state index in [1.54, 1.807) is 12.1 Å². The van der Waals surface area contributed by atoms with Gasteiger partial charge in [-0.15, -0.1) is 0 Å². The Hall–Kier alpha value is -2.62. The zero-order chi connectivity index (χ0) is 17.7. The van der Waals surface area contributed by atoms with E-state index in [2.05, 4.69) is 0 Å². The van der Waals surface area contributed by atoms with Crippen LogP contribution < -0.4 is 0 Å². The average Bonchev–Trinajstić information content (AvgIpc) is 2.57. The molecule has 0 radical (unpaired) electrons. The summed E-state index contributed by atoms with van der Waals surface area (Å²) in [5, 5.41) is 0. The molecule has 3 aromatic rings. The number of rotatable bonds is 3. The zero-order valence-electron chi connectivity index (χ0n) is 13.5. The minimum absolute atomic E-state index is 0.0249. The van der Waals surface area contributed by atoms with E-state index in [0.29, 0.717) is 23.1 Å². The van der Waals surface area contributed by atoms with Gasteiger partial charge in [-0.25, -0.2) is 17.6 Å². The van der Waals surface area contributed by atoms with Gasteiger partial charge in [0.15, 0.2) is 11.6 Å². The van der Waals surface area contributed by atoms with Gasteiger partial charge in [-0.05, 0) is 46.9 Å². The van der Waals surface area contributed by atoms with Crippen molar-refractivity contribution in [3.05, 3.63) is 71.3 Å². The number of hydrogen-bond donors (Lipinski definition) is 0. The molecule has 0 N–H and O–H groups in total. The molecule has 0 aliphatic heterocycles. The van der Waals surface area contributed by atoms with Crippen molar-refractivity contribution in [1.29, 1.82) is 0 Å². The van der Waals surface area contributed by atoms with Crippen molar-refractivity contribution in [2.24, 2.45) is 0 Å². The second-order valence-electron chi connectivity index (χ2n) is 6.20. The molecule has 126 valence electrons. The Balaban J connectivity index is 1.90. The van der Waals surface area contributed by atoms with E-state index < -0.39 is 23.3 Å². The van der Waals surface area contributed by atoms with E-state index in [1.807, 2.05) is 6.92 Å². The Morgan fingerprint density at radius 2 is 1.48 bits per heavy atom. The molecule has 0 nitrogen and oxygen atoms in total. The summed E-state index contributed by atoms with van der Waals surface area (Å²) in [4.78, 5) is 0. The zero-order valence-corrected chi connectivity index (χ0v) is 13.5. The highest BCUT2D eigenvalue weighted by molar-refractivity contribution is 6.04. The van der Waals surface area contributed by atoms with Gasteiger partial charge in [-0.3, -0.25) is 0 Å². The monoisotopic (exact) mass is 342 g/mol. The molecule has 0 fully saturated rings. The van der Waals surface area contributed by atoms with Crippen LogP contribution in [0.4, 0.5) is 17.6 Å². The number of hydrogen-bond acceptors (Lipinski definition) is 0. The van der Waals surface area contributed by atoms with E-state index >= 15 is 0 Å². The second-order valence-corrected chi connectivity index (χ2v) is 6.20. The van der Waals surface area contributed by atoms with Crippen molar-refractivity contribution in [3.63, 3.8) is 0 Å². The molecule has 0 saturated carbocycles. The van der Waals surface area contributed by atoms with E-state index in [0.717, 1.165) is 12.5 Å². The topological polar surface area (TPSA) is 0 Å². The molecule has 1 aliphatic rings. The summed E-state index contributed by atoms with van der Waals surface area (Å²) >= 11 is 0. The highest BCUT2D eigenvalue weighted by Crippen LogP contribution is 2.52. The van der Waals surface area contributed by atoms with Gasteiger partial charge in [0.2, 0.25) is 0 Å². The van der Waals surface area contributed by atoms with Gasteiger partial charge in [0.05, 0.1) is 0 Å². The van der Waals surface area contributed by atoms with Gasteiger partial charge in [-0.1, -0.05) is 37.6 Å². The molecule has 4 rings (SSSR count). The van der Waals surface area contributed by atoms with Crippen molar-refractivity contribution in [2.45, 2.75) is 19.8 Å². The molecular formula is C21H14F4. The first-order valence-electron chi connectivity index (χ1n) is 8.13. The fraction of sp³-hybridized carbons (Fsp3) is 0.143. The van der Waals surface area contributed by atoms with Gasteiger partial charge in [0.25, 0.3) is 0 Å². The van der Waals surface area contributed by atoms with Crippen LogP contribution in [-0.4, -0.2) is 0 Å². The van der Waals surface area contributed by atoms with Gasteiger partial charge in [0, 0.05) is 16.7 Å². The summed E-state index contributed by atoms with van der Waals surface area (Å²) in [7, 11) is 0. The highest BCUT2D eigenvalue weighted by atomic mass is 19.2. The van der Waals surface area contributed by atoms with Crippen molar-refractivity contribution in [2.75, 3.05) is 0 Å². The third-order valence-electron chi connectivity index (χ3n) is 4.62. The van der Waals surface area contributed by atoms with Gasteiger partial charge in [-0.2, -0.15) is 0 Å². The third kappa shape index (κ3) is 2.28. The highest BCUT2D eigenvalue weighted by Gasteiger charge is 2.33. The minimum Gasteiger partial charge on any atom is -0.207 e. The smallest absolute Gasteiger partial charge is 0.168 e. The number of aryl methyl sites for hydroxylation is 1. The summed E-state index contributed by atoms with van der Waals surface area (Å²) in [5.41, 5.74) is 1.85. The quantitative estimate of drug-likeness (QED) is 0.372. The summed E-state index contributed by atoms with van der Waals surface area (Å²) in [6.45, 7) is 1.93. The molecule has 0 spiro atoms. The molecule has 0 aromatic heterocycles. The van der Waals surface area contributed by atoms with Crippen molar-refractivity contribution < 1.29 is 17.6 Å². The lowest BCUT2D eigenvalue weighted by molar-refractivity contribution is 0.512. The maximum absolute atomic E-state index is 14.6. The lowest BCUT2D eigenvalue weighted by Gasteiger charge is -2.27. The third-order valence-corrected chi connectivity index (χ3v) is 4.62. The van der Waals surface area contributed by atoms with Crippen LogP contribution >= 0.6 is 0 Å². The van der Waals surface area contributed by atoms with Crippen molar-refractivity contribution >= 4 is 0 Å². The summed E-state index contributed by atoms with van der Waals surface area (Å²) in [5.74, 6) is -3.19. The van der Waals surface area contributed by atoms with Crippen LogP contribution in [0.5, 0.6) is 0 Å². The van der Waals surface area contributed by atoms with Gasteiger partial charge in [0.1, 0.15) is 11.6 Å². The minimum atomic E-state index is -1.09. The SMILES string of the molecule is CCCc1ccc2c(c1F)-c1c-2cc(-c2cccc(F)c2)c(F)c1F. The van der Waals surface area contributed by atoms with Crippen molar-refractivity contribution in [3.8, 4) is 33.4 Å². The fourth-order valence-corrected chi connectivity index (χ4v) is 3.44. The summed E-state index contributed by atoms with van der Waals surface area (Å²) in [6.07, 6.45) is 1.30. The second kappa shape index (κ2) is 5.73. The molecular weight excluding hydrogens is 328 g/mol. The molecule has 0 saturated heterocycles. The Kier molecular flexibility index (Phi) is 3.64. The van der Waals surface area contributed by atoms with Gasteiger partial charge < -0.3 is 0 Å². The number of halogens is 4. The predicted molar refractivity (Wildman–Crippen MR) is 90.1 cm³/mol. The van der Waals surface area contributed by atoms with Crippen LogP contribution in [-0.2, 0) is 6.42 Å². The van der Waals surface area contributed by atoms with E-state index in [9.17, 15) is 17.6 Å². The number of fused-ring (bicyclic) bond motifs is 4. The molecule has 0 amide bonds. The standard InChI is InChI=1S/C21H14F4/c1-2-4-11-7-8-14-16-10-15(12-5-3-6-13(22)9-12)20(24)21(25)18(16)17(14)19(11)23/h3,5-10H,2,4H2,1H3. The first-order valence-corrected chi connectivity index (χ1v) is 8.13. The molecule has 0 atom stereocenters. The van der Waals surface area contributed by atoms with Crippen LogP contribution in [0.2, 0.25) is 0 Å². The molecule has 25 heavy (non-hydrogen) atoms. The molecule has 0 heterocycles. The molecule has 3 aromatic carbocycles. The Labute approximate surface area is 142 Å². The van der Waals surface area contributed by atoms with Crippen LogP contribution in [0.25, 0.3) is 33.4 Å². The largest absolute Gasteiger partial charge is 0.207 e. The molecule has 4 heteroatoms. The van der Waals surface area contributed by atoms with Crippen LogP contribution in [0.1, 0.15) is 18.9 Å². The molecule has 0 bridgehead atoms. The Morgan fingerprint density at radius 3 is 2.20 bits per heavy atom. The maximum Gasteiger partial charge on any atom is 0.168 e. The van der Waals surface area contributed by atoms with Crippen LogP contribution in [0.3, 0.4) is 0 Å². The lowest BCUT2D eigenvalue weighted by Crippen LogP contribution is -2.09. The Morgan fingerprint density at radius 1 is 0.720 bits per heavy atom. The van der Waals surface area contributed by atoms with Crippen LogP contribution in [0, 0.1) is 23.3 Å².